The van der Waals surface area contributed by atoms with E-state index in [1.54, 1.807) is 0 Å². The molecule has 0 amide bonds. The monoisotopic (exact) mass is 757 g/mol. The lowest BCUT2D eigenvalue weighted by Gasteiger charge is -2.18. The van der Waals surface area contributed by atoms with Gasteiger partial charge in [-0.2, -0.15) is 0 Å². The fourth-order valence-corrected chi connectivity index (χ4v) is 6.09. The van der Waals surface area contributed by atoms with E-state index in [9.17, 15) is 14.4 Å². The Morgan fingerprint density at radius 3 is 1.06 bits per heavy atom. The summed E-state index contributed by atoms with van der Waals surface area (Å²) in [6.45, 7) is 6.49. The smallest absolute Gasteiger partial charge is 0.306 e. The van der Waals surface area contributed by atoms with Gasteiger partial charge in [-0.05, 0) is 83.5 Å². The van der Waals surface area contributed by atoms with Crippen LogP contribution in [-0.4, -0.2) is 37.2 Å². The third kappa shape index (κ3) is 40.6. The van der Waals surface area contributed by atoms with Crippen LogP contribution < -0.4 is 0 Å². The van der Waals surface area contributed by atoms with Gasteiger partial charge in [0.25, 0.3) is 0 Å². The van der Waals surface area contributed by atoms with E-state index in [1.807, 2.05) is 0 Å². The second kappa shape index (κ2) is 43.1. The van der Waals surface area contributed by atoms with Gasteiger partial charge in [0.2, 0.25) is 0 Å². The average Bonchev–Trinajstić information content (AvgIpc) is 3.17. The number of allylic oxidation sites excluding steroid dienone is 8. The van der Waals surface area contributed by atoms with Crippen molar-refractivity contribution in [3.8, 4) is 0 Å². The van der Waals surface area contributed by atoms with Crippen LogP contribution in [0.5, 0.6) is 0 Å². The predicted octanol–water partition coefficient (Wildman–Crippen LogP) is 14.4. The maximum atomic E-state index is 12.7. The molecule has 6 heteroatoms. The van der Waals surface area contributed by atoms with Crippen molar-refractivity contribution < 1.29 is 28.6 Å². The zero-order valence-corrected chi connectivity index (χ0v) is 35.5. The number of carbonyl (C=O) groups excluding carboxylic acids is 3. The number of carbonyl (C=O) groups is 3. The predicted molar refractivity (Wildman–Crippen MR) is 229 cm³/mol. The largest absolute Gasteiger partial charge is 0.462 e. The highest BCUT2D eigenvalue weighted by molar-refractivity contribution is 5.71. The Balaban J connectivity index is 4.33. The second-order valence-corrected chi connectivity index (χ2v) is 15.0. The fourth-order valence-electron chi connectivity index (χ4n) is 6.09. The molecule has 0 saturated carbocycles. The van der Waals surface area contributed by atoms with E-state index in [2.05, 4.69) is 69.4 Å². The van der Waals surface area contributed by atoms with Crippen LogP contribution in [0.2, 0.25) is 0 Å². The van der Waals surface area contributed by atoms with Crippen molar-refractivity contribution in [1.29, 1.82) is 0 Å². The third-order valence-corrected chi connectivity index (χ3v) is 9.56. The lowest BCUT2D eigenvalue weighted by molar-refractivity contribution is -0.167. The standard InChI is InChI=1S/C48H84O6/c1-4-7-10-13-16-18-20-22-24-26-28-30-32-35-38-41-47(50)53-44-45(43-52-46(49)40-37-34-15-12-9-6-3)54-48(51)42-39-36-33-31-29-27-25-23-21-19-17-14-11-8-5-2/h16-19,22-25,45H,4-15,20-21,26-44H2,1-3H3/b18-16-,19-17-,24-22-,25-23-. The highest BCUT2D eigenvalue weighted by Gasteiger charge is 2.19. The Morgan fingerprint density at radius 2 is 0.667 bits per heavy atom. The molecule has 0 spiro atoms. The summed E-state index contributed by atoms with van der Waals surface area (Å²) in [5.74, 6) is -0.923. The average molecular weight is 757 g/mol. The summed E-state index contributed by atoms with van der Waals surface area (Å²) in [7, 11) is 0. The Hall–Kier alpha value is -2.63. The molecule has 0 aromatic rings. The summed E-state index contributed by atoms with van der Waals surface area (Å²) in [5, 5.41) is 0. The van der Waals surface area contributed by atoms with Crippen molar-refractivity contribution in [2.75, 3.05) is 13.2 Å². The Kier molecular flexibility index (Phi) is 41.0. The number of esters is 3. The van der Waals surface area contributed by atoms with Crippen LogP contribution in [0.1, 0.15) is 220 Å². The molecule has 0 rings (SSSR count). The Morgan fingerprint density at radius 1 is 0.370 bits per heavy atom. The van der Waals surface area contributed by atoms with Crippen molar-refractivity contribution in [3.05, 3.63) is 48.6 Å². The summed E-state index contributed by atoms with van der Waals surface area (Å²) >= 11 is 0. The Bertz CT molecular complexity index is 964. The molecule has 54 heavy (non-hydrogen) atoms. The number of hydrogen-bond acceptors (Lipinski definition) is 6. The van der Waals surface area contributed by atoms with Crippen LogP contribution in [0, 0.1) is 0 Å². The van der Waals surface area contributed by atoms with E-state index in [0.717, 1.165) is 103 Å². The van der Waals surface area contributed by atoms with Gasteiger partial charge in [0.1, 0.15) is 13.2 Å². The van der Waals surface area contributed by atoms with Crippen molar-refractivity contribution in [2.24, 2.45) is 0 Å². The van der Waals surface area contributed by atoms with Crippen LogP contribution >= 0.6 is 0 Å². The van der Waals surface area contributed by atoms with E-state index in [0.29, 0.717) is 19.3 Å². The second-order valence-electron chi connectivity index (χ2n) is 15.0. The first-order valence-corrected chi connectivity index (χ1v) is 22.6. The number of rotatable bonds is 40. The number of unbranched alkanes of at least 4 members (excludes halogenated alkanes) is 21. The lowest BCUT2D eigenvalue weighted by Crippen LogP contribution is -2.30. The SMILES string of the molecule is CCCCC/C=C\C/C=C\CCCCCCCC(=O)OCC(COC(=O)CCCCCCCC)OC(=O)CCCCCCC/C=C\C/C=C\CCCCC. The first-order valence-electron chi connectivity index (χ1n) is 22.6. The van der Waals surface area contributed by atoms with Crippen molar-refractivity contribution >= 4 is 17.9 Å². The highest BCUT2D eigenvalue weighted by atomic mass is 16.6. The molecule has 0 aliphatic heterocycles. The summed E-state index contributed by atoms with van der Waals surface area (Å²) in [6.07, 6.45) is 49.6. The van der Waals surface area contributed by atoms with Crippen molar-refractivity contribution in [2.45, 2.75) is 226 Å². The van der Waals surface area contributed by atoms with E-state index in [-0.39, 0.29) is 31.1 Å². The maximum absolute atomic E-state index is 12.7. The van der Waals surface area contributed by atoms with Gasteiger partial charge in [-0.1, -0.05) is 166 Å². The number of ether oxygens (including phenoxy) is 3. The molecule has 0 N–H and O–H groups in total. The highest BCUT2D eigenvalue weighted by Crippen LogP contribution is 2.13. The van der Waals surface area contributed by atoms with Crippen LogP contribution in [0.25, 0.3) is 0 Å². The molecule has 0 fully saturated rings. The lowest BCUT2D eigenvalue weighted by atomic mass is 10.1. The van der Waals surface area contributed by atoms with Gasteiger partial charge < -0.3 is 14.2 Å². The topological polar surface area (TPSA) is 78.9 Å². The molecule has 1 unspecified atom stereocenters. The fraction of sp³-hybridized carbons (Fsp3) is 0.771. The Labute approximate surface area is 333 Å². The first-order chi connectivity index (χ1) is 26.5. The van der Waals surface area contributed by atoms with E-state index < -0.39 is 6.10 Å². The molecule has 0 aliphatic carbocycles. The maximum Gasteiger partial charge on any atom is 0.306 e. The minimum atomic E-state index is -0.780. The minimum Gasteiger partial charge on any atom is -0.462 e. The van der Waals surface area contributed by atoms with Gasteiger partial charge in [-0.3, -0.25) is 14.4 Å². The molecule has 0 saturated heterocycles. The molecule has 0 bridgehead atoms. The zero-order chi connectivity index (χ0) is 39.4. The van der Waals surface area contributed by atoms with Gasteiger partial charge in [0.15, 0.2) is 6.10 Å². The van der Waals surface area contributed by atoms with E-state index in [1.165, 1.54) is 77.0 Å². The zero-order valence-electron chi connectivity index (χ0n) is 35.5. The van der Waals surface area contributed by atoms with E-state index >= 15 is 0 Å². The van der Waals surface area contributed by atoms with Crippen molar-refractivity contribution in [3.63, 3.8) is 0 Å². The molecule has 6 nitrogen and oxygen atoms in total. The van der Waals surface area contributed by atoms with Crippen LogP contribution in [0.3, 0.4) is 0 Å². The normalized spacial score (nSPS) is 12.4. The molecule has 0 heterocycles. The van der Waals surface area contributed by atoms with Gasteiger partial charge in [0, 0.05) is 19.3 Å². The first kappa shape index (κ1) is 51.4. The third-order valence-electron chi connectivity index (χ3n) is 9.56. The summed E-state index contributed by atoms with van der Waals surface area (Å²) in [6, 6.07) is 0. The van der Waals surface area contributed by atoms with Crippen LogP contribution in [-0.2, 0) is 28.6 Å². The molecular formula is C48H84O6. The van der Waals surface area contributed by atoms with Crippen LogP contribution in [0.4, 0.5) is 0 Å². The molecule has 0 aromatic heterocycles. The summed E-state index contributed by atoms with van der Waals surface area (Å²) in [4.78, 5) is 37.5. The molecule has 1 atom stereocenters. The minimum absolute atomic E-state index is 0.0838. The summed E-state index contributed by atoms with van der Waals surface area (Å²) in [5.41, 5.74) is 0. The molecule has 0 aliphatic rings. The van der Waals surface area contributed by atoms with Gasteiger partial charge >= 0.3 is 17.9 Å². The van der Waals surface area contributed by atoms with Gasteiger partial charge in [-0.15, -0.1) is 0 Å². The molecule has 312 valence electrons. The van der Waals surface area contributed by atoms with Gasteiger partial charge in [0.05, 0.1) is 0 Å². The molecular weight excluding hydrogens is 673 g/mol. The van der Waals surface area contributed by atoms with Crippen molar-refractivity contribution in [1.82, 2.24) is 0 Å². The molecule has 0 aromatic carbocycles. The molecule has 0 radical (unpaired) electrons. The van der Waals surface area contributed by atoms with E-state index in [4.69, 9.17) is 14.2 Å². The van der Waals surface area contributed by atoms with Crippen LogP contribution in [0.15, 0.2) is 48.6 Å². The van der Waals surface area contributed by atoms with Gasteiger partial charge in [-0.25, -0.2) is 0 Å². The summed E-state index contributed by atoms with van der Waals surface area (Å²) < 4.78 is 16.6. The quantitative estimate of drug-likeness (QED) is 0.0268. The number of hydrogen-bond donors (Lipinski definition) is 0.